The van der Waals surface area contributed by atoms with Crippen LogP contribution < -0.4 is 5.73 Å². The number of hydrogen-bond acceptors (Lipinski definition) is 4. The van der Waals surface area contributed by atoms with Crippen LogP contribution in [0.2, 0.25) is 0 Å². The highest BCUT2D eigenvalue weighted by Crippen LogP contribution is 2.12. The molecule has 0 fully saturated rings. The van der Waals surface area contributed by atoms with Crippen molar-refractivity contribution in [2.75, 3.05) is 0 Å². The van der Waals surface area contributed by atoms with Gasteiger partial charge >= 0.3 is 0 Å². The van der Waals surface area contributed by atoms with E-state index in [1.54, 1.807) is 0 Å². The van der Waals surface area contributed by atoms with Crippen molar-refractivity contribution in [3.63, 3.8) is 0 Å². The Balaban J connectivity index is 2.66. The first-order chi connectivity index (χ1) is 6.06. The van der Waals surface area contributed by atoms with Gasteiger partial charge in [-0.25, -0.2) is 0 Å². The topological polar surface area (TPSA) is 60.2 Å². The lowest BCUT2D eigenvalue weighted by Crippen LogP contribution is -2.47. The first-order valence-electron chi connectivity index (χ1n) is 3.87. The fourth-order valence-corrected chi connectivity index (χ4v) is 1.53. The van der Waals surface area contributed by atoms with Gasteiger partial charge in [-0.1, -0.05) is 6.07 Å². The number of aldehydes is 1. The second kappa shape index (κ2) is 3.81. The Hall–Kier alpha value is -1.000. The van der Waals surface area contributed by atoms with Crippen molar-refractivity contribution in [3.8, 4) is 0 Å². The average molecular weight is 197 g/mol. The largest absolute Gasteiger partial charge is 0.313 e. The molecule has 1 heterocycles. The summed E-state index contributed by atoms with van der Waals surface area (Å²) in [5, 5.41) is 1.89. The molecule has 0 aliphatic heterocycles. The van der Waals surface area contributed by atoms with E-state index in [1.165, 1.54) is 18.3 Å². The van der Waals surface area contributed by atoms with Gasteiger partial charge in [-0.3, -0.25) is 4.79 Å². The maximum Gasteiger partial charge on any atom is 0.164 e. The summed E-state index contributed by atoms with van der Waals surface area (Å²) in [6.07, 6.45) is 0.729. The van der Waals surface area contributed by atoms with E-state index in [0.29, 0.717) is 6.29 Å². The van der Waals surface area contributed by atoms with Gasteiger partial charge in [0, 0.05) is 11.3 Å². The molecule has 1 rings (SSSR count). The Labute approximate surface area is 80.6 Å². The molecule has 0 spiro atoms. The molecule has 4 heteroatoms. The van der Waals surface area contributed by atoms with Crippen LogP contribution in [0.25, 0.3) is 0 Å². The lowest BCUT2D eigenvalue weighted by atomic mass is 9.97. The number of thiophene rings is 1. The maximum atomic E-state index is 11.4. The van der Waals surface area contributed by atoms with Crippen molar-refractivity contribution in [1.82, 2.24) is 0 Å². The van der Waals surface area contributed by atoms with Crippen LogP contribution in [-0.2, 0) is 16.0 Å². The van der Waals surface area contributed by atoms with E-state index >= 15 is 0 Å². The third-order valence-corrected chi connectivity index (χ3v) is 2.64. The minimum Gasteiger partial charge on any atom is -0.313 e. The zero-order chi connectivity index (χ0) is 9.90. The predicted molar refractivity (Wildman–Crippen MR) is 51.7 cm³/mol. The number of nitrogens with two attached hydrogens (primary N) is 1. The molecule has 0 bridgehead atoms. The summed E-state index contributed by atoms with van der Waals surface area (Å²) in [6, 6.07) is 3.71. The smallest absolute Gasteiger partial charge is 0.164 e. The zero-order valence-corrected chi connectivity index (χ0v) is 8.14. The fraction of sp³-hybridized carbons (Fsp3) is 0.333. The van der Waals surface area contributed by atoms with Crippen molar-refractivity contribution in [3.05, 3.63) is 22.4 Å². The third-order valence-electron chi connectivity index (χ3n) is 1.76. The van der Waals surface area contributed by atoms with Crippen LogP contribution in [0.15, 0.2) is 17.5 Å². The van der Waals surface area contributed by atoms with Gasteiger partial charge in [-0.2, -0.15) is 0 Å². The molecule has 0 radical (unpaired) electrons. The summed E-state index contributed by atoms with van der Waals surface area (Å²) in [5.74, 6) is -0.245. The molecule has 13 heavy (non-hydrogen) atoms. The van der Waals surface area contributed by atoms with Gasteiger partial charge in [0.05, 0.1) is 0 Å². The molecule has 0 aliphatic rings. The molecule has 1 atom stereocenters. The minimum atomic E-state index is -1.34. The summed E-state index contributed by atoms with van der Waals surface area (Å²) in [5.41, 5.74) is 4.12. The molecule has 0 amide bonds. The van der Waals surface area contributed by atoms with Crippen LogP contribution in [0.4, 0.5) is 0 Å². The van der Waals surface area contributed by atoms with Crippen LogP contribution in [0.5, 0.6) is 0 Å². The molecule has 1 aromatic rings. The Bertz CT molecular complexity index is 303. The summed E-state index contributed by atoms with van der Waals surface area (Å²) in [7, 11) is 0. The molecular formula is C9H11NO2S. The van der Waals surface area contributed by atoms with Crippen LogP contribution in [-0.4, -0.2) is 17.6 Å². The summed E-state index contributed by atoms with van der Waals surface area (Å²) >= 11 is 1.49. The summed E-state index contributed by atoms with van der Waals surface area (Å²) in [6.45, 7) is 1.43. The molecular weight excluding hydrogens is 186 g/mol. The third kappa shape index (κ3) is 2.47. The van der Waals surface area contributed by atoms with Crippen molar-refractivity contribution in [2.45, 2.75) is 18.9 Å². The Morgan fingerprint density at radius 1 is 1.77 bits per heavy atom. The molecule has 0 saturated heterocycles. The monoisotopic (exact) mass is 197 g/mol. The number of Topliss-reactive ketones (excluding diaryl/α,β-unsaturated/α-hetero) is 1. The average Bonchev–Trinajstić information content (AvgIpc) is 2.57. The Morgan fingerprint density at radius 2 is 2.46 bits per heavy atom. The van der Waals surface area contributed by atoms with Crippen LogP contribution in [0.1, 0.15) is 11.8 Å². The van der Waals surface area contributed by atoms with E-state index in [-0.39, 0.29) is 12.2 Å². The minimum absolute atomic E-state index is 0.239. The number of carbonyl (C=O) groups is 2. The highest BCUT2D eigenvalue weighted by molar-refractivity contribution is 7.10. The quantitative estimate of drug-likeness (QED) is 0.573. The Kier molecular flexibility index (Phi) is 2.95. The molecule has 70 valence electrons. The standard InChI is InChI=1S/C9H11NO2S/c1-9(10,6-11)8(12)5-7-3-2-4-13-7/h2-4,6H,5,10H2,1H3/t9-/m0/s1. The van der Waals surface area contributed by atoms with Gasteiger partial charge in [-0.15, -0.1) is 11.3 Å². The van der Waals surface area contributed by atoms with E-state index in [4.69, 9.17) is 5.73 Å². The highest BCUT2D eigenvalue weighted by Gasteiger charge is 2.27. The van der Waals surface area contributed by atoms with Gasteiger partial charge in [0.2, 0.25) is 0 Å². The maximum absolute atomic E-state index is 11.4. The summed E-state index contributed by atoms with van der Waals surface area (Å²) < 4.78 is 0. The lowest BCUT2D eigenvalue weighted by Gasteiger charge is -2.13. The van der Waals surface area contributed by atoms with E-state index < -0.39 is 5.54 Å². The Morgan fingerprint density at radius 3 is 2.92 bits per heavy atom. The molecule has 0 unspecified atom stereocenters. The van der Waals surface area contributed by atoms with Crippen molar-refractivity contribution in [1.29, 1.82) is 0 Å². The number of carbonyl (C=O) groups excluding carboxylic acids is 2. The first kappa shape index (κ1) is 10.1. The van der Waals surface area contributed by atoms with E-state index in [9.17, 15) is 9.59 Å². The van der Waals surface area contributed by atoms with E-state index in [0.717, 1.165) is 4.88 Å². The second-order valence-corrected chi connectivity index (χ2v) is 4.11. The van der Waals surface area contributed by atoms with Crippen LogP contribution in [0, 0.1) is 0 Å². The van der Waals surface area contributed by atoms with E-state index in [1.807, 2.05) is 17.5 Å². The number of hydrogen-bond donors (Lipinski definition) is 1. The fourth-order valence-electron chi connectivity index (χ4n) is 0.828. The van der Waals surface area contributed by atoms with Crippen molar-refractivity contribution in [2.24, 2.45) is 5.73 Å². The molecule has 0 aromatic carbocycles. The van der Waals surface area contributed by atoms with Crippen LogP contribution >= 0.6 is 11.3 Å². The van der Waals surface area contributed by atoms with Gasteiger partial charge in [0.15, 0.2) is 5.78 Å². The van der Waals surface area contributed by atoms with Gasteiger partial charge in [-0.05, 0) is 18.4 Å². The van der Waals surface area contributed by atoms with Gasteiger partial charge < -0.3 is 10.5 Å². The molecule has 0 aliphatic carbocycles. The normalized spacial score (nSPS) is 14.9. The SMILES string of the molecule is C[C@](N)(C=O)C(=O)Cc1cccs1. The van der Waals surface area contributed by atoms with Gasteiger partial charge in [0.1, 0.15) is 11.8 Å². The lowest BCUT2D eigenvalue weighted by molar-refractivity contribution is -0.127. The van der Waals surface area contributed by atoms with E-state index in [2.05, 4.69) is 0 Å². The number of rotatable bonds is 4. The second-order valence-electron chi connectivity index (χ2n) is 3.08. The number of ketones is 1. The molecule has 3 nitrogen and oxygen atoms in total. The van der Waals surface area contributed by atoms with Crippen molar-refractivity contribution < 1.29 is 9.59 Å². The molecule has 0 saturated carbocycles. The zero-order valence-electron chi connectivity index (χ0n) is 7.32. The predicted octanol–water partition coefficient (Wildman–Crippen LogP) is 0.776. The van der Waals surface area contributed by atoms with Crippen LogP contribution in [0.3, 0.4) is 0 Å². The summed E-state index contributed by atoms with van der Waals surface area (Å²) in [4.78, 5) is 22.8. The van der Waals surface area contributed by atoms with Crippen molar-refractivity contribution >= 4 is 23.4 Å². The molecule has 1 aromatic heterocycles. The highest BCUT2D eigenvalue weighted by atomic mass is 32.1. The first-order valence-corrected chi connectivity index (χ1v) is 4.75. The van der Waals surface area contributed by atoms with Gasteiger partial charge in [0.25, 0.3) is 0 Å². The molecule has 2 N–H and O–H groups in total.